The Morgan fingerprint density at radius 2 is 1.64 bits per heavy atom. The molecule has 0 bridgehead atoms. The zero-order valence-electron chi connectivity index (χ0n) is 6.88. The van der Waals surface area contributed by atoms with Crippen LogP contribution in [0.15, 0.2) is 30.3 Å². The van der Waals surface area contributed by atoms with E-state index in [-0.39, 0.29) is 5.56 Å². The van der Waals surface area contributed by atoms with Gasteiger partial charge in [0.05, 0.1) is 0 Å². The van der Waals surface area contributed by atoms with Crippen LogP contribution in [0.5, 0.6) is 0 Å². The van der Waals surface area contributed by atoms with Crippen LogP contribution in [0.25, 0.3) is 0 Å². The van der Waals surface area contributed by atoms with Crippen molar-refractivity contribution in [2.45, 2.75) is 18.1 Å². The molecule has 14 heavy (non-hydrogen) atoms. The lowest BCUT2D eigenvalue weighted by Gasteiger charge is -2.15. The summed E-state index contributed by atoms with van der Waals surface area (Å²) in [6.07, 6.45) is -7.00. The maximum absolute atomic E-state index is 12.7. The normalized spacial score (nSPS) is 31.6. The van der Waals surface area contributed by atoms with Crippen LogP contribution in [-0.2, 0) is 10.3 Å². The lowest BCUT2D eigenvalue weighted by Crippen LogP contribution is -2.31. The molecule has 1 aliphatic rings. The van der Waals surface area contributed by atoms with Gasteiger partial charge in [0, 0.05) is 0 Å². The van der Waals surface area contributed by atoms with Gasteiger partial charge in [0.15, 0.2) is 0 Å². The zero-order valence-corrected chi connectivity index (χ0v) is 6.88. The SMILES string of the molecule is FC1OC1(c1ccccc1)C(F)(F)F. The monoisotopic (exact) mass is 206 g/mol. The van der Waals surface area contributed by atoms with Crippen molar-refractivity contribution in [3.8, 4) is 0 Å². The van der Waals surface area contributed by atoms with Crippen LogP contribution >= 0.6 is 0 Å². The molecule has 0 radical (unpaired) electrons. The Bertz CT molecular complexity index is 334. The summed E-state index contributed by atoms with van der Waals surface area (Å²) in [5, 5.41) is 0. The fourth-order valence-corrected chi connectivity index (χ4v) is 1.37. The lowest BCUT2D eigenvalue weighted by atomic mass is 9.99. The molecule has 1 heterocycles. The second-order valence-corrected chi connectivity index (χ2v) is 3.03. The van der Waals surface area contributed by atoms with E-state index in [1.165, 1.54) is 24.3 Å². The van der Waals surface area contributed by atoms with Crippen molar-refractivity contribution in [3.63, 3.8) is 0 Å². The van der Waals surface area contributed by atoms with Crippen LogP contribution in [0, 0.1) is 0 Å². The molecule has 1 saturated heterocycles. The molecular formula is C9H6F4O. The van der Waals surface area contributed by atoms with Gasteiger partial charge >= 0.3 is 6.18 Å². The molecule has 76 valence electrons. The number of hydrogen-bond acceptors (Lipinski definition) is 1. The van der Waals surface area contributed by atoms with Crippen LogP contribution < -0.4 is 0 Å². The number of ether oxygens (including phenoxy) is 1. The fourth-order valence-electron chi connectivity index (χ4n) is 1.37. The van der Waals surface area contributed by atoms with Crippen LogP contribution in [0.1, 0.15) is 5.56 Å². The number of benzene rings is 1. The summed E-state index contributed by atoms with van der Waals surface area (Å²) in [5.74, 6) is 0. The molecule has 1 aromatic carbocycles. The molecule has 1 aromatic rings. The molecule has 0 aliphatic carbocycles. The Hall–Kier alpha value is -1.10. The highest BCUT2D eigenvalue weighted by Gasteiger charge is 2.75. The maximum atomic E-state index is 12.7. The van der Waals surface area contributed by atoms with Crippen molar-refractivity contribution in [1.82, 2.24) is 0 Å². The Balaban J connectivity index is 2.42. The first kappa shape index (κ1) is 9.45. The number of hydrogen-bond donors (Lipinski definition) is 0. The predicted molar refractivity (Wildman–Crippen MR) is 40.2 cm³/mol. The molecule has 1 nitrogen and oxygen atoms in total. The van der Waals surface area contributed by atoms with E-state index in [9.17, 15) is 17.6 Å². The van der Waals surface area contributed by atoms with Crippen LogP contribution in [0.2, 0.25) is 0 Å². The quantitative estimate of drug-likeness (QED) is 0.508. The number of alkyl halides is 4. The average molecular weight is 206 g/mol. The third-order valence-electron chi connectivity index (χ3n) is 2.18. The molecule has 0 aromatic heterocycles. The largest absolute Gasteiger partial charge is 0.427 e. The summed E-state index contributed by atoms with van der Waals surface area (Å²) in [6, 6.07) is 6.79. The van der Waals surface area contributed by atoms with E-state index in [0.717, 1.165) is 0 Å². The second kappa shape index (κ2) is 2.70. The second-order valence-electron chi connectivity index (χ2n) is 3.03. The highest BCUT2D eigenvalue weighted by Crippen LogP contribution is 2.57. The third kappa shape index (κ3) is 1.12. The Labute approximate surface area is 77.3 Å². The van der Waals surface area contributed by atoms with E-state index < -0.39 is 18.1 Å². The first-order valence-corrected chi connectivity index (χ1v) is 3.92. The molecule has 0 N–H and O–H groups in total. The molecule has 1 aliphatic heterocycles. The van der Waals surface area contributed by atoms with Crippen molar-refractivity contribution in [1.29, 1.82) is 0 Å². The predicted octanol–water partition coefficient (Wildman–Crippen LogP) is 2.77. The van der Waals surface area contributed by atoms with Gasteiger partial charge in [-0.2, -0.15) is 13.2 Å². The highest BCUT2D eigenvalue weighted by atomic mass is 19.4. The van der Waals surface area contributed by atoms with E-state index in [2.05, 4.69) is 4.74 Å². The minimum Gasteiger partial charge on any atom is -0.319 e. The molecule has 0 amide bonds. The van der Waals surface area contributed by atoms with Gasteiger partial charge in [-0.15, -0.1) is 0 Å². The van der Waals surface area contributed by atoms with Gasteiger partial charge in [0.25, 0.3) is 0 Å². The maximum Gasteiger partial charge on any atom is 0.427 e. The average Bonchev–Trinajstić information content (AvgIpc) is 2.79. The topological polar surface area (TPSA) is 12.5 Å². The van der Waals surface area contributed by atoms with Crippen molar-refractivity contribution in [3.05, 3.63) is 35.9 Å². The molecular weight excluding hydrogens is 200 g/mol. The van der Waals surface area contributed by atoms with Crippen molar-refractivity contribution in [2.24, 2.45) is 0 Å². The van der Waals surface area contributed by atoms with Crippen LogP contribution in [0.4, 0.5) is 17.6 Å². The Morgan fingerprint density at radius 3 is 2.00 bits per heavy atom. The first-order valence-electron chi connectivity index (χ1n) is 3.92. The summed E-state index contributed by atoms with van der Waals surface area (Å²) >= 11 is 0. The van der Waals surface area contributed by atoms with E-state index >= 15 is 0 Å². The van der Waals surface area contributed by atoms with E-state index in [1.54, 1.807) is 6.07 Å². The van der Waals surface area contributed by atoms with Crippen molar-refractivity contribution >= 4 is 0 Å². The number of rotatable bonds is 1. The fraction of sp³-hybridized carbons (Fsp3) is 0.333. The van der Waals surface area contributed by atoms with Gasteiger partial charge in [0.1, 0.15) is 0 Å². The van der Waals surface area contributed by atoms with Crippen LogP contribution in [-0.4, -0.2) is 12.5 Å². The van der Waals surface area contributed by atoms with Gasteiger partial charge in [-0.1, -0.05) is 30.3 Å². The van der Waals surface area contributed by atoms with Gasteiger partial charge < -0.3 is 4.74 Å². The van der Waals surface area contributed by atoms with Crippen molar-refractivity contribution < 1.29 is 22.3 Å². The Kier molecular flexibility index (Phi) is 1.82. The summed E-state index contributed by atoms with van der Waals surface area (Å²) < 4.78 is 54.1. The van der Waals surface area contributed by atoms with Gasteiger partial charge in [-0.05, 0) is 5.56 Å². The van der Waals surface area contributed by atoms with Crippen molar-refractivity contribution in [2.75, 3.05) is 0 Å². The molecule has 2 rings (SSSR count). The minimum absolute atomic E-state index is 0.194. The molecule has 2 atom stereocenters. The zero-order chi connectivity index (χ0) is 10.4. The first-order chi connectivity index (χ1) is 6.48. The summed E-state index contributed by atoms with van der Waals surface area (Å²) in [6.45, 7) is 0. The van der Waals surface area contributed by atoms with Gasteiger partial charge in [-0.3, -0.25) is 0 Å². The molecule has 0 saturated carbocycles. The molecule has 0 spiro atoms. The van der Waals surface area contributed by atoms with Gasteiger partial charge in [0.2, 0.25) is 12.0 Å². The minimum atomic E-state index is -4.71. The summed E-state index contributed by atoms with van der Waals surface area (Å²) in [4.78, 5) is 0. The number of epoxide rings is 1. The van der Waals surface area contributed by atoms with Gasteiger partial charge in [-0.25, -0.2) is 4.39 Å². The molecule has 2 unspecified atom stereocenters. The smallest absolute Gasteiger partial charge is 0.319 e. The lowest BCUT2D eigenvalue weighted by molar-refractivity contribution is -0.188. The number of halogens is 4. The summed E-state index contributed by atoms with van der Waals surface area (Å²) in [7, 11) is 0. The highest BCUT2D eigenvalue weighted by molar-refractivity contribution is 5.30. The van der Waals surface area contributed by atoms with E-state index in [4.69, 9.17) is 0 Å². The van der Waals surface area contributed by atoms with E-state index in [0.29, 0.717) is 0 Å². The van der Waals surface area contributed by atoms with Crippen LogP contribution in [0.3, 0.4) is 0 Å². The standard InChI is InChI=1S/C9H6F4O/c10-7-8(14-7,9(11,12)13)6-4-2-1-3-5-6/h1-5,7H. The summed E-state index contributed by atoms with van der Waals surface area (Å²) in [5.41, 5.74) is -2.92. The third-order valence-corrected chi connectivity index (χ3v) is 2.18. The molecule has 1 fully saturated rings. The Morgan fingerprint density at radius 1 is 1.14 bits per heavy atom. The van der Waals surface area contributed by atoms with E-state index in [1.807, 2.05) is 0 Å². The molecule has 5 heteroatoms.